The van der Waals surface area contributed by atoms with E-state index in [4.69, 9.17) is 4.74 Å². The fourth-order valence-electron chi connectivity index (χ4n) is 3.30. The minimum atomic E-state index is -0.786. The van der Waals surface area contributed by atoms with E-state index in [0.29, 0.717) is 6.42 Å². The maximum Gasteiger partial charge on any atom is 0.411 e. The molecule has 0 radical (unpaired) electrons. The highest BCUT2D eigenvalue weighted by molar-refractivity contribution is 5.91. The summed E-state index contributed by atoms with van der Waals surface area (Å²) >= 11 is 0. The molecule has 0 unspecified atom stereocenters. The van der Waals surface area contributed by atoms with E-state index in [2.05, 4.69) is 15.0 Å². The molecular formula is C20H25N3O5. The van der Waals surface area contributed by atoms with Gasteiger partial charge in [0.05, 0.1) is 13.7 Å². The van der Waals surface area contributed by atoms with Crippen LogP contribution < -0.4 is 5.32 Å². The van der Waals surface area contributed by atoms with Crippen molar-refractivity contribution in [2.75, 3.05) is 13.7 Å². The second-order valence-electron chi connectivity index (χ2n) is 7.75. The number of carbonyl (C=O) groups is 3. The van der Waals surface area contributed by atoms with Gasteiger partial charge in [0.1, 0.15) is 18.2 Å². The first-order valence-electron chi connectivity index (χ1n) is 9.12. The van der Waals surface area contributed by atoms with Crippen LogP contribution in [0.4, 0.5) is 4.79 Å². The molecule has 3 rings (SSSR count). The zero-order valence-electron chi connectivity index (χ0n) is 16.5. The summed E-state index contributed by atoms with van der Waals surface area (Å²) in [5, 5.41) is 3.57. The van der Waals surface area contributed by atoms with Gasteiger partial charge in [0.15, 0.2) is 0 Å². The molecular weight excluding hydrogens is 362 g/mol. The minimum Gasteiger partial charge on any atom is -0.468 e. The van der Waals surface area contributed by atoms with Gasteiger partial charge in [-0.15, -0.1) is 0 Å². The molecule has 2 heterocycles. The minimum absolute atomic E-state index is 0.217. The van der Waals surface area contributed by atoms with Crippen LogP contribution in [0.2, 0.25) is 0 Å². The average molecular weight is 387 g/mol. The number of H-pyrrole nitrogens is 1. The Labute approximate surface area is 163 Å². The normalized spacial score (nSPS) is 16.4. The van der Waals surface area contributed by atoms with Crippen LogP contribution in [0.1, 0.15) is 32.0 Å². The third kappa shape index (κ3) is 4.11. The number of methoxy groups -OCH3 is 1. The summed E-state index contributed by atoms with van der Waals surface area (Å²) in [6.07, 6.45) is -0.249. The molecule has 1 aliphatic heterocycles. The van der Waals surface area contributed by atoms with Crippen LogP contribution in [-0.2, 0) is 32.0 Å². The average Bonchev–Trinajstić information content (AvgIpc) is 3.01. The number of aromatic amines is 1. The van der Waals surface area contributed by atoms with Gasteiger partial charge in [0.2, 0.25) is 5.91 Å². The van der Waals surface area contributed by atoms with Gasteiger partial charge < -0.3 is 19.8 Å². The molecule has 0 aliphatic carbocycles. The summed E-state index contributed by atoms with van der Waals surface area (Å²) < 4.78 is 10.1. The number of amides is 2. The molecule has 2 amide bonds. The lowest BCUT2D eigenvalue weighted by Gasteiger charge is -2.35. The molecule has 1 aliphatic rings. The number of nitrogens with zero attached hydrogens (tertiary/aromatic N) is 1. The van der Waals surface area contributed by atoms with Gasteiger partial charge in [-0.3, -0.25) is 14.5 Å². The lowest BCUT2D eigenvalue weighted by atomic mass is 9.96. The summed E-state index contributed by atoms with van der Waals surface area (Å²) in [4.78, 5) is 41.7. The molecule has 0 bridgehead atoms. The Kier molecular flexibility index (Phi) is 5.31. The number of nitrogens with one attached hydrogen (secondary N) is 2. The number of hydrogen-bond donors (Lipinski definition) is 2. The molecule has 0 fully saturated rings. The number of aromatic nitrogens is 1. The van der Waals surface area contributed by atoms with Crippen LogP contribution in [-0.4, -0.2) is 53.2 Å². The van der Waals surface area contributed by atoms with Crippen LogP contribution in [0.25, 0.3) is 10.9 Å². The predicted octanol–water partition coefficient (Wildman–Crippen LogP) is 2.12. The Morgan fingerprint density at radius 3 is 2.64 bits per heavy atom. The van der Waals surface area contributed by atoms with Crippen LogP contribution in [0.15, 0.2) is 24.3 Å². The maximum atomic E-state index is 12.8. The fraction of sp³-hybridized carbons (Fsp3) is 0.450. The molecule has 0 saturated carbocycles. The van der Waals surface area contributed by atoms with E-state index < -0.39 is 29.6 Å². The van der Waals surface area contributed by atoms with Crippen molar-refractivity contribution in [3.05, 3.63) is 35.5 Å². The molecule has 2 aromatic rings. The first-order valence-corrected chi connectivity index (χ1v) is 9.12. The van der Waals surface area contributed by atoms with E-state index in [0.717, 1.165) is 22.2 Å². The number of rotatable bonds is 3. The van der Waals surface area contributed by atoms with E-state index in [1.54, 1.807) is 20.8 Å². The molecule has 1 aromatic carbocycles. The topological polar surface area (TPSA) is 101 Å². The number of hydrogen-bond acceptors (Lipinski definition) is 5. The van der Waals surface area contributed by atoms with Crippen LogP contribution in [0.5, 0.6) is 0 Å². The molecule has 0 spiro atoms. The Morgan fingerprint density at radius 1 is 1.25 bits per heavy atom. The Morgan fingerprint density at radius 2 is 1.96 bits per heavy atom. The van der Waals surface area contributed by atoms with Crippen LogP contribution >= 0.6 is 0 Å². The summed E-state index contributed by atoms with van der Waals surface area (Å²) in [5.41, 5.74) is 2.13. The zero-order valence-corrected chi connectivity index (χ0v) is 16.5. The predicted molar refractivity (Wildman–Crippen MR) is 103 cm³/mol. The van der Waals surface area contributed by atoms with Gasteiger partial charge in [0, 0.05) is 23.0 Å². The van der Waals surface area contributed by atoms with E-state index in [9.17, 15) is 14.4 Å². The van der Waals surface area contributed by atoms with E-state index in [-0.39, 0.29) is 13.1 Å². The highest BCUT2D eigenvalue weighted by Gasteiger charge is 2.38. The summed E-state index contributed by atoms with van der Waals surface area (Å²) in [6.45, 7) is 5.28. The molecule has 2 N–H and O–H groups in total. The molecule has 8 nitrogen and oxygen atoms in total. The second kappa shape index (κ2) is 7.53. The summed E-state index contributed by atoms with van der Waals surface area (Å²) in [6, 6.07) is 7.01. The standard InChI is InChI=1S/C20H25N3O5/c1-20(2,3)28-19(26)23-11-15-13(12-7-5-6-8-14(12)22-15)9-16(23)18(25)21-10-17(24)27-4/h5-8,16,22H,9-11H2,1-4H3,(H,21,25)/t16-/m0/s1. The van der Waals surface area contributed by atoms with Gasteiger partial charge in [-0.05, 0) is 32.4 Å². The number of fused-ring (bicyclic) bond motifs is 3. The van der Waals surface area contributed by atoms with E-state index >= 15 is 0 Å². The summed E-state index contributed by atoms with van der Waals surface area (Å²) in [7, 11) is 1.25. The first-order chi connectivity index (χ1) is 13.2. The van der Waals surface area contributed by atoms with Crippen molar-refractivity contribution in [2.45, 2.75) is 45.4 Å². The monoisotopic (exact) mass is 387 g/mol. The number of carbonyl (C=O) groups excluding carboxylic acids is 3. The molecule has 1 atom stereocenters. The summed E-state index contributed by atoms with van der Waals surface area (Å²) in [5.74, 6) is -0.979. The van der Waals surface area contributed by atoms with Crippen molar-refractivity contribution >= 4 is 28.9 Å². The number of ether oxygens (including phenoxy) is 2. The third-order valence-electron chi connectivity index (χ3n) is 4.57. The Balaban J connectivity index is 1.91. The van der Waals surface area contributed by atoms with Gasteiger partial charge in [-0.1, -0.05) is 18.2 Å². The van der Waals surface area contributed by atoms with Gasteiger partial charge >= 0.3 is 12.1 Å². The van der Waals surface area contributed by atoms with Gasteiger partial charge in [-0.25, -0.2) is 4.79 Å². The van der Waals surface area contributed by atoms with Crippen molar-refractivity contribution in [1.29, 1.82) is 0 Å². The SMILES string of the molecule is COC(=O)CNC(=O)[C@@H]1Cc2c([nH]c3ccccc23)CN1C(=O)OC(C)(C)C. The van der Waals surface area contributed by atoms with Crippen molar-refractivity contribution in [3.8, 4) is 0 Å². The Hall–Kier alpha value is -3.03. The van der Waals surface area contributed by atoms with Gasteiger partial charge in [0.25, 0.3) is 0 Å². The highest BCUT2D eigenvalue weighted by Crippen LogP contribution is 2.31. The second-order valence-corrected chi connectivity index (χ2v) is 7.75. The molecule has 150 valence electrons. The molecule has 8 heteroatoms. The smallest absolute Gasteiger partial charge is 0.411 e. The van der Waals surface area contributed by atoms with Gasteiger partial charge in [-0.2, -0.15) is 0 Å². The van der Waals surface area contributed by atoms with Crippen molar-refractivity contribution in [1.82, 2.24) is 15.2 Å². The number of esters is 1. The van der Waals surface area contributed by atoms with Crippen LogP contribution in [0, 0.1) is 0 Å². The first kappa shape index (κ1) is 19.7. The largest absolute Gasteiger partial charge is 0.468 e. The lowest BCUT2D eigenvalue weighted by Crippen LogP contribution is -2.54. The zero-order chi connectivity index (χ0) is 20.5. The molecule has 28 heavy (non-hydrogen) atoms. The fourth-order valence-corrected chi connectivity index (χ4v) is 3.30. The molecule has 1 aromatic heterocycles. The third-order valence-corrected chi connectivity index (χ3v) is 4.57. The van der Waals surface area contributed by atoms with Crippen LogP contribution in [0.3, 0.4) is 0 Å². The maximum absolute atomic E-state index is 12.8. The number of benzene rings is 1. The van der Waals surface area contributed by atoms with Crippen molar-refractivity contribution < 1.29 is 23.9 Å². The highest BCUT2D eigenvalue weighted by atomic mass is 16.6. The number of para-hydroxylation sites is 1. The quantitative estimate of drug-likeness (QED) is 0.786. The molecule has 0 saturated heterocycles. The van der Waals surface area contributed by atoms with E-state index in [1.807, 2.05) is 24.3 Å². The Bertz CT molecular complexity index is 912. The van der Waals surface area contributed by atoms with Crippen molar-refractivity contribution in [3.63, 3.8) is 0 Å². The lowest BCUT2D eigenvalue weighted by molar-refractivity contribution is -0.141. The van der Waals surface area contributed by atoms with E-state index in [1.165, 1.54) is 12.0 Å². The van der Waals surface area contributed by atoms with Crippen molar-refractivity contribution in [2.24, 2.45) is 0 Å².